The highest BCUT2D eigenvalue weighted by Crippen LogP contribution is 2.17. The number of hydrogen-bond acceptors (Lipinski definition) is 1. The second-order valence-electron chi connectivity index (χ2n) is 2.62. The molecule has 2 N–H and O–H groups in total. The summed E-state index contributed by atoms with van der Waals surface area (Å²) in [6.07, 6.45) is 4.18. The molecular formula is C10H11ClFN. The molecular weight excluding hydrogens is 189 g/mol. The van der Waals surface area contributed by atoms with E-state index in [1.807, 2.05) is 6.08 Å². The van der Waals surface area contributed by atoms with Gasteiger partial charge in [-0.05, 0) is 18.6 Å². The van der Waals surface area contributed by atoms with Crippen molar-refractivity contribution in [3.05, 3.63) is 35.7 Å². The fourth-order valence-electron chi connectivity index (χ4n) is 0.994. The van der Waals surface area contributed by atoms with E-state index in [9.17, 15) is 4.39 Å². The molecule has 0 heterocycles. The molecule has 70 valence electrons. The van der Waals surface area contributed by atoms with Gasteiger partial charge in [0.2, 0.25) is 0 Å². The van der Waals surface area contributed by atoms with Gasteiger partial charge in [-0.25, -0.2) is 4.39 Å². The van der Waals surface area contributed by atoms with E-state index in [4.69, 9.17) is 17.3 Å². The van der Waals surface area contributed by atoms with Gasteiger partial charge in [-0.2, -0.15) is 0 Å². The summed E-state index contributed by atoms with van der Waals surface area (Å²) in [4.78, 5) is 0. The quantitative estimate of drug-likeness (QED) is 0.588. The average Bonchev–Trinajstić information content (AvgIpc) is 2.10. The van der Waals surface area contributed by atoms with Crippen molar-refractivity contribution in [1.82, 2.24) is 0 Å². The van der Waals surface area contributed by atoms with Crippen molar-refractivity contribution in [1.29, 1.82) is 0 Å². The zero-order chi connectivity index (χ0) is 9.68. The highest BCUT2D eigenvalue weighted by molar-refractivity contribution is 6.17. The summed E-state index contributed by atoms with van der Waals surface area (Å²) >= 11 is 5.47. The number of allylic oxidation sites excluding steroid dienone is 1. The Morgan fingerprint density at radius 2 is 2.23 bits per heavy atom. The van der Waals surface area contributed by atoms with Crippen LogP contribution in [0.2, 0.25) is 0 Å². The SMILES string of the molecule is Nc1cccc(F)c1C=CCCCl. The number of hydrogen-bond donors (Lipinski definition) is 1. The summed E-state index contributed by atoms with van der Waals surface area (Å²) in [7, 11) is 0. The lowest BCUT2D eigenvalue weighted by Crippen LogP contribution is -1.91. The predicted molar refractivity (Wildman–Crippen MR) is 55.2 cm³/mol. The molecule has 0 saturated heterocycles. The lowest BCUT2D eigenvalue weighted by molar-refractivity contribution is 0.626. The first-order chi connectivity index (χ1) is 6.25. The molecule has 0 bridgehead atoms. The van der Waals surface area contributed by atoms with Crippen molar-refractivity contribution in [2.75, 3.05) is 11.6 Å². The van der Waals surface area contributed by atoms with Crippen LogP contribution >= 0.6 is 11.6 Å². The molecule has 0 amide bonds. The normalized spacial score (nSPS) is 10.9. The first-order valence-corrected chi connectivity index (χ1v) is 4.55. The molecule has 3 heteroatoms. The van der Waals surface area contributed by atoms with Crippen LogP contribution in [0, 0.1) is 5.82 Å². The Hall–Kier alpha value is -1.02. The molecule has 1 aromatic rings. The number of anilines is 1. The first kappa shape index (κ1) is 10.1. The Morgan fingerprint density at radius 3 is 2.85 bits per heavy atom. The van der Waals surface area contributed by atoms with E-state index < -0.39 is 0 Å². The van der Waals surface area contributed by atoms with Crippen LogP contribution in [0.25, 0.3) is 6.08 Å². The van der Waals surface area contributed by atoms with E-state index in [0.717, 1.165) is 6.42 Å². The molecule has 0 fully saturated rings. The van der Waals surface area contributed by atoms with Gasteiger partial charge in [0.25, 0.3) is 0 Å². The molecule has 0 saturated carbocycles. The number of halogens is 2. The van der Waals surface area contributed by atoms with Crippen molar-refractivity contribution >= 4 is 23.4 Å². The lowest BCUT2D eigenvalue weighted by atomic mass is 10.1. The van der Waals surface area contributed by atoms with Gasteiger partial charge in [-0.3, -0.25) is 0 Å². The van der Waals surface area contributed by atoms with Gasteiger partial charge >= 0.3 is 0 Å². The summed E-state index contributed by atoms with van der Waals surface area (Å²) < 4.78 is 13.1. The van der Waals surface area contributed by atoms with Crippen molar-refractivity contribution in [2.24, 2.45) is 0 Å². The Kier molecular flexibility index (Phi) is 3.77. The second kappa shape index (κ2) is 4.87. The highest BCUT2D eigenvalue weighted by atomic mass is 35.5. The monoisotopic (exact) mass is 199 g/mol. The topological polar surface area (TPSA) is 26.0 Å². The molecule has 0 unspecified atom stereocenters. The van der Waals surface area contributed by atoms with E-state index in [-0.39, 0.29) is 5.82 Å². The van der Waals surface area contributed by atoms with Crippen LogP contribution in [0.15, 0.2) is 24.3 Å². The third-order valence-electron chi connectivity index (χ3n) is 1.65. The average molecular weight is 200 g/mol. The van der Waals surface area contributed by atoms with Gasteiger partial charge in [0.1, 0.15) is 5.82 Å². The Balaban J connectivity index is 2.87. The molecule has 0 atom stereocenters. The van der Waals surface area contributed by atoms with Gasteiger partial charge in [-0.15, -0.1) is 11.6 Å². The zero-order valence-corrected chi connectivity index (χ0v) is 7.89. The van der Waals surface area contributed by atoms with Gasteiger partial charge < -0.3 is 5.73 Å². The van der Waals surface area contributed by atoms with E-state index in [1.165, 1.54) is 6.07 Å². The van der Waals surface area contributed by atoms with Crippen LogP contribution in [0.3, 0.4) is 0 Å². The van der Waals surface area contributed by atoms with Gasteiger partial charge in [-0.1, -0.05) is 18.2 Å². The Labute approximate surface area is 82.0 Å². The largest absolute Gasteiger partial charge is 0.398 e. The van der Waals surface area contributed by atoms with Gasteiger partial charge in [0.15, 0.2) is 0 Å². The highest BCUT2D eigenvalue weighted by Gasteiger charge is 2.00. The molecule has 1 aromatic carbocycles. The van der Waals surface area contributed by atoms with E-state index in [1.54, 1.807) is 18.2 Å². The molecule has 0 aromatic heterocycles. The summed E-state index contributed by atoms with van der Waals surface area (Å²) in [5.74, 6) is 0.232. The molecule has 0 aliphatic rings. The minimum atomic E-state index is -0.300. The number of alkyl halides is 1. The molecule has 13 heavy (non-hydrogen) atoms. The van der Waals surface area contributed by atoms with Crippen molar-refractivity contribution in [2.45, 2.75) is 6.42 Å². The van der Waals surface area contributed by atoms with Crippen LogP contribution in [0.4, 0.5) is 10.1 Å². The Morgan fingerprint density at radius 1 is 1.46 bits per heavy atom. The number of nitrogens with two attached hydrogens (primary N) is 1. The van der Waals surface area contributed by atoms with Crippen molar-refractivity contribution in [3.8, 4) is 0 Å². The minimum absolute atomic E-state index is 0.300. The lowest BCUT2D eigenvalue weighted by Gasteiger charge is -2.00. The van der Waals surface area contributed by atoms with Crippen molar-refractivity contribution in [3.63, 3.8) is 0 Å². The standard InChI is InChI=1S/C10H11ClFN/c11-7-2-1-4-8-9(12)5-3-6-10(8)13/h1,3-6H,2,7,13H2. The smallest absolute Gasteiger partial charge is 0.132 e. The van der Waals surface area contributed by atoms with Crippen LogP contribution in [0.1, 0.15) is 12.0 Å². The minimum Gasteiger partial charge on any atom is -0.398 e. The van der Waals surface area contributed by atoms with Crippen molar-refractivity contribution < 1.29 is 4.39 Å². The molecule has 1 rings (SSSR count). The fourth-order valence-corrected chi connectivity index (χ4v) is 1.12. The van der Waals surface area contributed by atoms with Crippen LogP contribution < -0.4 is 5.73 Å². The third kappa shape index (κ3) is 2.74. The first-order valence-electron chi connectivity index (χ1n) is 4.02. The number of benzene rings is 1. The summed E-state index contributed by atoms with van der Waals surface area (Å²) in [6, 6.07) is 4.64. The van der Waals surface area contributed by atoms with Crippen LogP contribution in [-0.2, 0) is 0 Å². The van der Waals surface area contributed by atoms with Gasteiger partial charge in [0, 0.05) is 17.1 Å². The zero-order valence-electron chi connectivity index (χ0n) is 7.13. The molecule has 0 spiro atoms. The maximum atomic E-state index is 13.1. The van der Waals surface area contributed by atoms with E-state index in [0.29, 0.717) is 17.1 Å². The summed E-state index contributed by atoms with van der Waals surface area (Å²) in [5.41, 5.74) is 6.47. The molecule has 0 radical (unpaired) electrons. The summed E-state index contributed by atoms with van der Waals surface area (Å²) in [6.45, 7) is 0. The van der Waals surface area contributed by atoms with Gasteiger partial charge in [0.05, 0.1) is 0 Å². The molecule has 0 aliphatic carbocycles. The number of rotatable bonds is 3. The predicted octanol–water partition coefficient (Wildman–Crippen LogP) is 3.05. The maximum Gasteiger partial charge on any atom is 0.132 e. The number of nitrogen functional groups attached to an aromatic ring is 1. The third-order valence-corrected chi connectivity index (χ3v) is 1.87. The van der Waals surface area contributed by atoms with Crippen LogP contribution in [0.5, 0.6) is 0 Å². The molecule has 0 aliphatic heterocycles. The maximum absolute atomic E-state index is 13.1. The van der Waals surface area contributed by atoms with E-state index >= 15 is 0 Å². The Bertz CT molecular complexity index is 290. The summed E-state index contributed by atoms with van der Waals surface area (Å²) in [5, 5.41) is 0. The van der Waals surface area contributed by atoms with E-state index in [2.05, 4.69) is 0 Å². The fraction of sp³-hybridized carbons (Fsp3) is 0.200. The second-order valence-corrected chi connectivity index (χ2v) is 3.00. The molecule has 1 nitrogen and oxygen atoms in total. The van der Waals surface area contributed by atoms with Crippen LogP contribution in [-0.4, -0.2) is 5.88 Å².